The van der Waals surface area contributed by atoms with Crippen molar-refractivity contribution in [1.82, 2.24) is 0 Å². The predicted octanol–water partition coefficient (Wildman–Crippen LogP) is 5.63. The lowest BCUT2D eigenvalue weighted by molar-refractivity contribution is 0.103. The van der Waals surface area contributed by atoms with Crippen molar-refractivity contribution < 1.29 is 4.79 Å². The van der Waals surface area contributed by atoms with E-state index in [1.165, 1.54) is 5.56 Å². The standard InChI is InChI=1S/C21H26O/c1-20(2,3)15-21(4,5)18-13-11-17(12-14-18)19(22)16-9-7-6-8-10-16/h6-14H,15H2,1-5H3. The van der Waals surface area contributed by atoms with Gasteiger partial charge in [-0.1, -0.05) is 89.2 Å². The predicted molar refractivity (Wildman–Crippen MR) is 93.4 cm³/mol. The molecule has 0 saturated heterocycles. The van der Waals surface area contributed by atoms with Crippen LogP contribution in [0.1, 0.15) is 62.5 Å². The zero-order valence-corrected chi connectivity index (χ0v) is 14.3. The summed E-state index contributed by atoms with van der Waals surface area (Å²) >= 11 is 0. The number of benzene rings is 2. The van der Waals surface area contributed by atoms with E-state index in [-0.39, 0.29) is 16.6 Å². The Labute approximate surface area is 134 Å². The zero-order chi connectivity index (χ0) is 16.4. The molecule has 0 N–H and O–H groups in total. The van der Waals surface area contributed by atoms with Gasteiger partial charge in [-0.2, -0.15) is 0 Å². The van der Waals surface area contributed by atoms with Crippen LogP contribution in [0.2, 0.25) is 0 Å². The second-order valence-electron chi connectivity index (χ2n) is 7.89. The molecular weight excluding hydrogens is 268 g/mol. The van der Waals surface area contributed by atoms with Crippen molar-refractivity contribution in [2.75, 3.05) is 0 Å². The van der Waals surface area contributed by atoms with Crippen LogP contribution >= 0.6 is 0 Å². The van der Waals surface area contributed by atoms with Crippen molar-refractivity contribution in [3.63, 3.8) is 0 Å². The highest BCUT2D eigenvalue weighted by Crippen LogP contribution is 2.36. The number of rotatable bonds is 4. The first-order chi connectivity index (χ1) is 10.2. The molecule has 0 saturated carbocycles. The largest absolute Gasteiger partial charge is 0.289 e. The Morgan fingerprint density at radius 3 is 1.77 bits per heavy atom. The molecule has 0 aliphatic carbocycles. The summed E-state index contributed by atoms with van der Waals surface area (Å²) in [5.41, 5.74) is 3.16. The fraction of sp³-hybridized carbons (Fsp3) is 0.381. The van der Waals surface area contributed by atoms with Gasteiger partial charge in [-0.05, 0) is 22.8 Å². The summed E-state index contributed by atoms with van der Waals surface area (Å²) < 4.78 is 0. The Morgan fingerprint density at radius 1 is 0.773 bits per heavy atom. The van der Waals surface area contributed by atoms with Gasteiger partial charge >= 0.3 is 0 Å². The Hall–Kier alpha value is -1.89. The smallest absolute Gasteiger partial charge is 0.193 e. The molecule has 0 aliphatic heterocycles. The minimum Gasteiger partial charge on any atom is -0.289 e. The van der Waals surface area contributed by atoms with Crippen molar-refractivity contribution in [2.24, 2.45) is 5.41 Å². The minimum atomic E-state index is 0.0841. The van der Waals surface area contributed by atoms with Crippen LogP contribution in [0.3, 0.4) is 0 Å². The molecular formula is C21H26O. The Morgan fingerprint density at radius 2 is 1.27 bits per heavy atom. The highest BCUT2D eigenvalue weighted by molar-refractivity contribution is 6.08. The summed E-state index contributed by atoms with van der Waals surface area (Å²) in [5, 5.41) is 0. The second kappa shape index (κ2) is 6.08. The summed E-state index contributed by atoms with van der Waals surface area (Å²) in [6.45, 7) is 11.3. The maximum absolute atomic E-state index is 12.4. The molecule has 0 unspecified atom stereocenters. The van der Waals surface area contributed by atoms with Crippen molar-refractivity contribution in [3.05, 3.63) is 71.3 Å². The summed E-state index contributed by atoms with van der Waals surface area (Å²) in [6.07, 6.45) is 1.10. The molecule has 2 aromatic rings. The van der Waals surface area contributed by atoms with Gasteiger partial charge in [-0.3, -0.25) is 4.79 Å². The zero-order valence-electron chi connectivity index (χ0n) is 14.3. The van der Waals surface area contributed by atoms with E-state index in [9.17, 15) is 4.79 Å². The molecule has 0 amide bonds. The summed E-state index contributed by atoms with van der Waals surface area (Å²) in [7, 11) is 0. The fourth-order valence-electron chi connectivity index (χ4n) is 3.26. The fourth-order valence-corrected chi connectivity index (χ4v) is 3.26. The molecule has 0 heterocycles. The van der Waals surface area contributed by atoms with Gasteiger partial charge in [0.05, 0.1) is 0 Å². The van der Waals surface area contributed by atoms with E-state index in [4.69, 9.17) is 0 Å². The second-order valence-corrected chi connectivity index (χ2v) is 7.89. The first kappa shape index (κ1) is 16.5. The Bertz CT molecular complexity index is 628. The van der Waals surface area contributed by atoms with Gasteiger partial charge in [0.2, 0.25) is 0 Å². The third kappa shape index (κ3) is 4.07. The molecule has 2 rings (SSSR count). The van der Waals surface area contributed by atoms with Crippen LogP contribution in [0, 0.1) is 5.41 Å². The molecule has 0 fully saturated rings. The van der Waals surface area contributed by atoms with Crippen LogP contribution in [0.15, 0.2) is 54.6 Å². The number of hydrogen-bond acceptors (Lipinski definition) is 1. The van der Waals surface area contributed by atoms with Crippen LogP contribution in [-0.2, 0) is 5.41 Å². The molecule has 0 aromatic heterocycles. The summed E-state index contributed by atoms with van der Waals surface area (Å²) in [5.74, 6) is 0.0841. The molecule has 0 atom stereocenters. The monoisotopic (exact) mass is 294 g/mol. The van der Waals surface area contributed by atoms with Crippen LogP contribution in [-0.4, -0.2) is 5.78 Å². The van der Waals surface area contributed by atoms with Crippen LogP contribution < -0.4 is 0 Å². The van der Waals surface area contributed by atoms with Gasteiger partial charge in [-0.25, -0.2) is 0 Å². The van der Waals surface area contributed by atoms with Gasteiger partial charge in [0.15, 0.2) is 5.78 Å². The van der Waals surface area contributed by atoms with E-state index in [1.807, 2.05) is 42.5 Å². The highest BCUT2D eigenvalue weighted by atomic mass is 16.1. The number of carbonyl (C=O) groups excluding carboxylic acids is 1. The molecule has 116 valence electrons. The van der Waals surface area contributed by atoms with Gasteiger partial charge in [0, 0.05) is 11.1 Å². The van der Waals surface area contributed by atoms with Crippen molar-refractivity contribution in [3.8, 4) is 0 Å². The molecule has 0 spiro atoms. The summed E-state index contributed by atoms with van der Waals surface area (Å²) in [4.78, 5) is 12.4. The molecule has 1 heteroatoms. The third-order valence-electron chi connectivity index (χ3n) is 3.94. The maximum Gasteiger partial charge on any atom is 0.193 e. The molecule has 0 bridgehead atoms. The molecule has 2 aromatic carbocycles. The molecule has 1 nitrogen and oxygen atoms in total. The van der Waals surface area contributed by atoms with E-state index in [0.29, 0.717) is 0 Å². The van der Waals surface area contributed by atoms with E-state index in [2.05, 4.69) is 46.8 Å². The maximum atomic E-state index is 12.4. The first-order valence-electron chi connectivity index (χ1n) is 7.89. The Balaban J connectivity index is 2.22. The normalized spacial score (nSPS) is 12.2. The highest BCUT2D eigenvalue weighted by Gasteiger charge is 2.27. The molecule has 22 heavy (non-hydrogen) atoms. The molecule has 0 radical (unpaired) electrons. The minimum absolute atomic E-state index is 0.0841. The summed E-state index contributed by atoms with van der Waals surface area (Å²) in [6, 6.07) is 17.5. The lowest BCUT2D eigenvalue weighted by Gasteiger charge is -2.33. The van der Waals surface area contributed by atoms with E-state index in [0.717, 1.165) is 17.5 Å². The van der Waals surface area contributed by atoms with E-state index in [1.54, 1.807) is 0 Å². The van der Waals surface area contributed by atoms with Gasteiger partial charge in [-0.15, -0.1) is 0 Å². The average Bonchev–Trinajstić information content (AvgIpc) is 2.45. The number of carbonyl (C=O) groups is 1. The quantitative estimate of drug-likeness (QED) is 0.668. The topological polar surface area (TPSA) is 17.1 Å². The van der Waals surface area contributed by atoms with Gasteiger partial charge in [0.1, 0.15) is 0 Å². The van der Waals surface area contributed by atoms with E-state index >= 15 is 0 Å². The van der Waals surface area contributed by atoms with Gasteiger partial charge < -0.3 is 0 Å². The molecule has 0 aliphatic rings. The Kier molecular flexibility index (Phi) is 4.55. The number of hydrogen-bond donors (Lipinski definition) is 0. The number of ketones is 1. The van der Waals surface area contributed by atoms with Crippen LogP contribution in [0.5, 0.6) is 0 Å². The first-order valence-corrected chi connectivity index (χ1v) is 7.89. The van der Waals surface area contributed by atoms with Crippen LogP contribution in [0.4, 0.5) is 0 Å². The van der Waals surface area contributed by atoms with Gasteiger partial charge in [0.25, 0.3) is 0 Å². The lowest BCUT2D eigenvalue weighted by atomic mass is 9.72. The van der Waals surface area contributed by atoms with E-state index < -0.39 is 0 Å². The van der Waals surface area contributed by atoms with Crippen molar-refractivity contribution in [1.29, 1.82) is 0 Å². The van der Waals surface area contributed by atoms with Crippen molar-refractivity contribution >= 4 is 5.78 Å². The van der Waals surface area contributed by atoms with Crippen LogP contribution in [0.25, 0.3) is 0 Å². The average molecular weight is 294 g/mol. The van der Waals surface area contributed by atoms with Crippen molar-refractivity contribution in [2.45, 2.75) is 46.5 Å². The SMILES string of the molecule is CC(C)(C)CC(C)(C)c1ccc(C(=O)c2ccccc2)cc1. The third-order valence-corrected chi connectivity index (χ3v) is 3.94. The lowest BCUT2D eigenvalue weighted by Crippen LogP contribution is -2.24.